The molecule has 1 aromatic carbocycles. The lowest BCUT2D eigenvalue weighted by atomic mass is 10.1. The molecule has 1 aliphatic rings. The summed E-state index contributed by atoms with van der Waals surface area (Å²) < 4.78 is 2.15. The second kappa shape index (κ2) is 4.17. The van der Waals surface area contributed by atoms with Crippen LogP contribution in [0.1, 0.15) is 24.7 Å². The summed E-state index contributed by atoms with van der Waals surface area (Å²) in [6.07, 6.45) is 4.18. The molecule has 0 aliphatic carbocycles. The van der Waals surface area contributed by atoms with Gasteiger partial charge in [0.05, 0.1) is 16.8 Å². The van der Waals surface area contributed by atoms with Gasteiger partial charge in [0, 0.05) is 18.3 Å². The van der Waals surface area contributed by atoms with Crippen LogP contribution in [0.4, 0.5) is 0 Å². The Morgan fingerprint density at radius 1 is 1.35 bits per heavy atom. The summed E-state index contributed by atoms with van der Waals surface area (Å²) in [5.41, 5.74) is 7.95. The molecule has 1 aliphatic heterocycles. The van der Waals surface area contributed by atoms with Gasteiger partial charge < -0.3 is 10.3 Å². The second-order valence-corrected chi connectivity index (χ2v) is 4.81. The van der Waals surface area contributed by atoms with Crippen molar-refractivity contribution in [3.63, 3.8) is 0 Å². The number of benzene rings is 1. The Kier molecular flexibility index (Phi) is 2.65. The fourth-order valence-electron chi connectivity index (χ4n) is 2.31. The van der Waals surface area contributed by atoms with Crippen molar-refractivity contribution in [3.8, 4) is 11.3 Å². The number of hydrogen-bond donors (Lipinski definition) is 1. The van der Waals surface area contributed by atoms with Crippen LogP contribution in [-0.4, -0.2) is 9.55 Å². The summed E-state index contributed by atoms with van der Waals surface area (Å²) in [7, 11) is 0. The van der Waals surface area contributed by atoms with Crippen molar-refractivity contribution in [3.05, 3.63) is 41.3 Å². The van der Waals surface area contributed by atoms with E-state index in [1.54, 1.807) is 0 Å². The Morgan fingerprint density at radius 2 is 2.18 bits per heavy atom. The average Bonchev–Trinajstić information content (AvgIpc) is 2.75. The maximum atomic E-state index is 6.18. The summed E-state index contributed by atoms with van der Waals surface area (Å²) in [6, 6.07) is 7.82. The van der Waals surface area contributed by atoms with Gasteiger partial charge in [-0.2, -0.15) is 0 Å². The standard InChI is InChI=1S/C13H14ClN3/c14-10-5-2-1-4-9(10)12-8-17-7-3-6-11(15)13(17)16-12/h1-2,4-5,8,11H,3,6-7,15H2. The van der Waals surface area contributed by atoms with Crippen molar-refractivity contribution in [1.82, 2.24) is 9.55 Å². The highest BCUT2D eigenvalue weighted by Crippen LogP contribution is 2.30. The molecule has 88 valence electrons. The van der Waals surface area contributed by atoms with Crippen LogP contribution in [0.3, 0.4) is 0 Å². The van der Waals surface area contributed by atoms with Crippen molar-refractivity contribution in [2.24, 2.45) is 5.73 Å². The summed E-state index contributed by atoms with van der Waals surface area (Å²) in [6.45, 7) is 1.00. The van der Waals surface area contributed by atoms with Crippen LogP contribution in [0.15, 0.2) is 30.5 Å². The van der Waals surface area contributed by atoms with E-state index in [-0.39, 0.29) is 6.04 Å². The topological polar surface area (TPSA) is 43.8 Å². The number of nitrogens with zero attached hydrogens (tertiary/aromatic N) is 2. The highest BCUT2D eigenvalue weighted by molar-refractivity contribution is 6.33. The molecule has 4 heteroatoms. The van der Waals surface area contributed by atoms with Crippen molar-refractivity contribution < 1.29 is 0 Å². The zero-order chi connectivity index (χ0) is 11.8. The van der Waals surface area contributed by atoms with Gasteiger partial charge in [-0.25, -0.2) is 4.98 Å². The van der Waals surface area contributed by atoms with E-state index in [2.05, 4.69) is 15.7 Å². The number of hydrogen-bond acceptors (Lipinski definition) is 2. The lowest BCUT2D eigenvalue weighted by Gasteiger charge is -2.19. The third kappa shape index (κ3) is 1.85. The van der Waals surface area contributed by atoms with E-state index in [9.17, 15) is 0 Å². The maximum absolute atomic E-state index is 6.18. The van der Waals surface area contributed by atoms with E-state index in [0.717, 1.165) is 41.5 Å². The molecule has 3 rings (SSSR count). The molecule has 3 nitrogen and oxygen atoms in total. The molecule has 2 N–H and O–H groups in total. The normalized spacial score (nSPS) is 19.1. The van der Waals surface area contributed by atoms with Crippen LogP contribution in [0.2, 0.25) is 5.02 Å². The quantitative estimate of drug-likeness (QED) is 0.842. The Hall–Kier alpha value is -1.32. The summed E-state index contributed by atoms with van der Waals surface area (Å²) in [5.74, 6) is 0.978. The molecule has 0 fully saturated rings. The fourth-order valence-corrected chi connectivity index (χ4v) is 2.55. The molecule has 1 aromatic heterocycles. The molecule has 2 heterocycles. The number of fused-ring (bicyclic) bond motifs is 1. The van der Waals surface area contributed by atoms with Gasteiger partial charge in [0.25, 0.3) is 0 Å². The molecule has 0 bridgehead atoms. The minimum absolute atomic E-state index is 0.0555. The third-order valence-corrected chi connectivity index (χ3v) is 3.53. The smallest absolute Gasteiger partial charge is 0.126 e. The minimum atomic E-state index is 0.0555. The lowest BCUT2D eigenvalue weighted by molar-refractivity contribution is 0.451. The van der Waals surface area contributed by atoms with Crippen molar-refractivity contribution in [1.29, 1.82) is 0 Å². The SMILES string of the molecule is NC1CCCn2cc(-c3ccccc3Cl)nc21. The predicted molar refractivity (Wildman–Crippen MR) is 68.8 cm³/mol. The number of rotatable bonds is 1. The van der Waals surface area contributed by atoms with Gasteiger partial charge in [-0.15, -0.1) is 0 Å². The first-order valence-corrected chi connectivity index (χ1v) is 6.21. The first-order chi connectivity index (χ1) is 8.25. The van der Waals surface area contributed by atoms with Crippen LogP contribution < -0.4 is 5.73 Å². The molecule has 0 saturated heterocycles. The van der Waals surface area contributed by atoms with Crippen molar-refractivity contribution >= 4 is 11.6 Å². The molecule has 1 unspecified atom stereocenters. The van der Waals surface area contributed by atoms with Crippen LogP contribution in [-0.2, 0) is 6.54 Å². The van der Waals surface area contributed by atoms with E-state index in [1.165, 1.54) is 0 Å². The fraction of sp³-hybridized carbons (Fsp3) is 0.308. The highest BCUT2D eigenvalue weighted by atomic mass is 35.5. The Labute approximate surface area is 105 Å². The third-order valence-electron chi connectivity index (χ3n) is 3.20. The van der Waals surface area contributed by atoms with E-state index >= 15 is 0 Å². The first kappa shape index (κ1) is 10.8. The van der Waals surface area contributed by atoms with E-state index in [1.807, 2.05) is 24.3 Å². The maximum Gasteiger partial charge on any atom is 0.126 e. The largest absolute Gasteiger partial charge is 0.333 e. The van der Waals surface area contributed by atoms with Gasteiger partial charge in [0.2, 0.25) is 0 Å². The van der Waals surface area contributed by atoms with Crippen molar-refractivity contribution in [2.45, 2.75) is 25.4 Å². The molecule has 17 heavy (non-hydrogen) atoms. The molecular formula is C13H14ClN3. The van der Waals surface area contributed by atoms with Gasteiger partial charge in [-0.3, -0.25) is 0 Å². The number of aromatic nitrogens is 2. The molecule has 1 atom stereocenters. The molecular weight excluding hydrogens is 234 g/mol. The average molecular weight is 248 g/mol. The predicted octanol–water partition coefficient (Wildman–Crippen LogP) is 3.00. The van der Waals surface area contributed by atoms with Gasteiger partial charge >= 0.3 is 0 Å². The highest BCUT2D eigenvalue weighted by Gasteiger charge is 2.20. The zero-order valence-electron chi connectivity index (χ0n) is 9.44. The van der Waals surface area contributed by atoms with Crippen LogP contribution in [0.25, 0.3) is 11.3 Å². The number of halogens is 1. The zero-order valence-corrected chi connectivity index (χ0v) is 10.2. The van der Waals surface area contributed by atoms with Gasteiger partial charge in [-0.1, -0.05) is 29.8 Å². The van der Waals surface area contributed by atoms with Crippen LogP contribution >= 0.6 is 11.6 Å². The Morgan fingerprint density at radius 3 is 2.94 bits per heavy atom. The van der Waals surface area contributed by atoms with Gasteiger partial charge in [-0.05, 0) is 18.9 Å². The van der Waals surface area contributed by atoms with Crippen LogP contribution in [0, 0.1) is 0 Å². The lowest BCUT2D eigenvalue weighted by Crippen LogP contribution is -2.21. The van der Waals surface area contributed by atoms with Crippen molar-refractivity contribution in [2.75, 3.05) is 0 Å². The minimum Gasteiger partial charge on any atom is -0.333 e. The Balaban J connectivity index is 2.08. The molecule has 0 saturated carbocycles. The molecule has 0 amide bonds. The van der Waals surface area contributed by atoms with E-state index in [4.69, 9.17) is 17.3 Å². The number of nitrogens with two attached hydrogens (primary N) is 1. The summed E-state index contributed by atoms with van der Waals surface area (Å²) in [5, 5.41) is 0.733. The number of aryl methyl sites for hydroxylation is 1. The van der Waals surface area contributed by atoms with E-state index < -0.39 is 0 Å². The molecule has 2 aromatic rings. The molecule has 0 spiro atoms. The van der Waals surface area contributed by atoms with Gasteiger partial charge in [0.1, 0.15) is 5.82 Å². The second-order valence-electron chi connectivity index (χ2n) is 4.41. The summed E-state index contributed by atoms with van der Waals surface area (Å²) in [4.78, 5) is 4.62. The molecule has 0 radical (unpaired) electrons. The Bertz CT molecular complexity index is 547. The monoisotopic (exact) mass is 247 g/mol. The first-order valence-electron chi connectivity index (χ1n) is 5.83. The number of imidazole rings is 1. The van der Waals surface area contributed by atoms with Crippen LogP contribution in [0.5, 0.6) is 0 Å². The van der Waals surface area contributed by atoms with E-state index in [0.29, 0.717) is 0 Å². The summed E-state index contributed by atoms with van der Waals surface area (Å²) >= 11 is 6.18. The van der Waals surface area contributed by atoms with Gasteiger partial charge in [0.15, 0.2) is 0 Å².